The predicted molar refractivity (Wildman–Crippen MR) is 88.5 cm³/mol. The zero-order chi connectivity index (χ0) is 15.2. The molecule has 0 N–H and O–H groups in total. The summed E-state index contributed by atoms with van der Waals surface area (Å²) in [5.74, 6) is 0.718. The van der Waals surface area contributed by atoms with Gasteiger partial charge in [0.2, 0.25) is 0 Å². The van der Waals surface area contributed by atoms with E-state index in [2.05, 4.69) is 51.4 Å². The number of nitrogens with zero attached hydrogens (tertiary/aromatic N) is 3. The second-order valence-electron chi connectivity index (χ2n) is 5.38. The van der Waals surface area contributed by atoms with E-state index in [1.54, 1.807) is 6.20 Å². The minimum Gasteiger partial charge on any atom is -0.253 e. The molecule has 0 fully saturated rings. The van der Waals surface area contributed by atoms with Crippen molar-refractivity contribution in [2.24, 2.45) is 0 Å². The molecule has 2 aromatic heterocycles. The Morgan fingerprint density at radius 3 is 2.45 bits per heavy atom. The molecule has 0 amide bonds. The van der Waals surface area contributed by atoms with Crippen molar-refractivity contribution >= 4 is 0 Å². The maximum Gasteiger partial charge on any atom is 0.178 e. The number of benzene rings is 1. The molecule has 0 aliphatic rings. The van der Waals surface area contributed by atoms with Gasteiger partial charge in [-0.3, -0.25) is 4.98 Å². The van der Waals surface area contributed by atoms with Crippen molar-refractivity contribution in [3.05, 3.63) is 77.7 Å². The van der Waals surface area contributed by atoms with E-state index in [4.69, 9.17) is 0 Å². The Morgan fingerprint density at radius 2 is 1.68 bits per heavy atom. The van der Waals surface area contributed by atoms with Gasteiger partial charge in [0, 0.05) is 17.6 Å². The first-order valence-electron chi connectivity index (χ1n) is 7.61. The van der Waals surface area contributed by atoms with Gasteiger partial charge in [-0.15, -0.1) is 0 Å². The van der Waals surface area contributed by atoms with Crippen molar-refractivity contribution in [1.29, 1.82) is 0 Å². The summed E-state index contributed by atoms with van der Waals surface area (Å²) in [7, 11) is 0. The van der Waals surface area contributed by atoms with Crippen LogP contribution in [0.3, 0.4) is 0 Å². The van der Waals surface area contributed by atoms with Gasteiger partial charge in [0.05, 0.1) is 0 Å². The van der Waals surface area contributed by atoms with Gasteiger partial charge >= 0.3 is 0 Å². The van der Waals surface area contributed by atoms with E-state index in [0.29, 0.717) is 0 Å². The Hall–Kier alpha value is -2.55. The van der Waals surface area contributed by atoms with Gasteiger partial charge in [-0.2, -0.15) is 0 Å². The maximum atomic E-state index is 4.66. The highest BCUT2D eigenvalue weighted by molar-refractivity contribution is 5.48. The third-order valence-electron chi connectivity index (χ3n) is 3.54. The molecule has 0 unspecified atom stereocenters. The lowest BCUT2D eigenvalue weighted by Crippen LogP contribution is -2.00. The smallest absolute Gasteiger partial charge is 0.178 e. The lowest BCUT2D eigenvalue weighted by atomic mass is 10.1. The van der Waals surface area contributed by atoms with Crippen LogP contribution in [0.2, 0.25) is 0 Å². The summed E-state index contributed by atoms with van der Waals surface area (Å²) in [4.78, 5) is 13.5. The van der Waals surface area contributed by atoms with Crippen LogP contribution >= 0.6 is 0 Å². The van der Waals surface area contributed by atoms with Crippen molar-refractivity contribution < 1.29 is 0 Å². The second kappa shape index (κ2) is 6.94. The number of aromatic nitrogens is 3. The van der Waals surface area contributed by atoms with Crippen molar-refractivity contribution in [3.8, 4) is 11.5 Å². The number of pyridine rings is 1. The topological polar surface area (TPSA) is 38.7 Å². The van der Waals surface area contributed by atoms with Gasteiger partial charge in [-0.1, -0.05) is 36.4 Å². The van der Waals surface area contributed by atoms with Crippen LogP contribution in [0.25, 0.3) is 11.5 Å². The second-order valence-corrected chi connectivity index (χ2v) is 5.38. The molecule has 0 bridgehead atoms. The van der Waals surface area contributed by atoms with E-state index in [9.17, 15) is 0 Å². The fourth-order valence-corrected chi connectivity index (χ4v) is 2.49. The third-order valence-corrected chi connectivity index (χ3v) is 3.54. The number of hydrogen-bond acceptors (Lipinski definition) is 3. The molecule has 0 atom stereocenters. The monoisotopic (exact) mass is 289 g/mol. The number of aryl methyl sites for hydroxylation is 3. The predicted octanol–water partition coefficient (Wildman–Crippen LogP) is 4.02. The van der Waals surface area contributed by atoms with E-state index in [-0.39, 0.29) is 0 Å². The average Bonchev–Trinajstić information content (AvgIpc) is 2.56. The zero-order valence-corrected chi connectivity index (χ0v) is 12.7. The van der Waals surface area contributed by atoms with Crippen molar-refractivity contribution in [2.75, 3.05) is 0 Å². The molecule has 0 aliphatic carbocycles. The molecule has 0 spiro atoms. The first-order valence-corrected chi connectivity index (χ1v) is 7.61. The van der Waals surface area contributed by atoms with E-state index in [1.807, 2.05) is 25.1 Å². The third kappa shape index (κ3) is 3.76. The molecule has 3 nitrogen and oxygen atoms in total. The fraction of sp³-hybridized carbons (Fsp3) is 0.211. The van der Waals surface area contributed by atoms with E-state index in [1.165, 1.54) is 5.56 Å². The molecule has 0 saturated heterocycles. The van der Waals surface area contributed by atoms with Crippen molar-refractivity contribution in [2.45, 2.75) is 26.2 Å². The Bertz CT molecular complexity index is 724. The highest BCUT2D eigenvalue weighted by Gasteiger charge is 2.06. The summed E-state index contributed by atoms with van der Waals surface area (Å²) in [5, 5.41) is 0. The minimum atomic E-state index is 0.718. The zero-order valence-electron chi connectivity index (χ0n) is 12.7. The fourth-order valence-electron chi connectivity index (χ4n) is 2.49. The van der Waals surface area contributed by atoms with E-state index < -0.39 is 0 Å². The van der Waals surface area contributed by atoms with Gasteiger partial charge in [0.25, 0.3) is 0 Å². The van der Waals surface area contributed by atoms with Crippen molar-refractivity contribution in [3.63, 3.8) is 0 Å². The molecule has 0 aliphatic heterocycles. The van der Waals surface area contributed by atoms with Crippen LogP contribution < -0.4 is 0 Å². The Labute approximate surface area is 131 Å². The molecule has 0 saturated carbocycles. The lowest BCUT2D eigenvalue weighted by Gasteiger charge is -2.06. The highest BCUT2D eigenvalue weighted by atomic mass is 14.9. The van der Waals surface area contributed by atoms with Gasteiger partial charge in [0.1, 0.15) is 5.69 Å². The molecular weight excluding hydrogens is 270 g/mol. The Balaban J connectivity index is 1.70. The molecule has 3 rings (SSSR count). The molecule has 22 heavy (non-hydrogen) atoms. The van der Waals surface area contributed by atoms with Crippen LogP contribution in [-0.2, 0) is 12.8 Å². The van der Waals surface area contributed by atoms with Crippen LogP contribution in [0.4, 0.5) is 0 Å². The molecular formula is C19H19N3. The SMILES string of the molecule is Cc1cc(CCCc2ccccc2)nc(-c2ccccn2)n1. The number of hydrogen-bond donors (Lipinski definition) is 0. The average molecular weight is 289 g/mol. The summed E-state index contributed by atoms with van der Waals surface area (Å²) in [6, 6.07) is 18.4. The van der Waals surface area contributed by atoms with Gasteiger partial charge in [0.15, 0.2) is 5.82 Å². The first kappa shape index (κ1) is 14.4. The maximum absolute atomic E-state index is 4.66. The van der Waals surface area contributed by atoms with Crippen LogP contribution in [0.5, 0.6) is 0 Å². The van der Waals surface area contributed by atoms with Crippen LogP contribution in [0, 0.1) is 6.92 Å². The standard InChI is InChI=1S/C19H19N3/c1-15-14-17(11-7-10-16-8-3-2-4-9-16)22-19(21-15)18-12-5-6-13-20-18/h2-6,8-9,12-14H,7,10-11H2,1H3. The first-order chi connectivity index (χ1) is 10.8. The summed E-state index contributed by atoms with van der Waals surface area (Å²) in [6.45, 7) is 2.01. The van der Waals surface area contributed by atoms with E-state index in [0.717, 1.165) is 42.2 Å². The van der Waals surface area contributed by atoms with Crippen LogP contribution in [0.1, 0.15) is 23.4 Å². The molecule has 3 aromatic rings. The molecule has 1 aromatic carbocycles. The summed E-state index contributed by atoms with van der Waals surface area (Å²) < 4.78 is 0. The minimum absolute atomic E-state index is 0.718. The Morgan fingerprint density at radius 1 is 0.864 bits per heavy atom. The van der Waals surface area contributed by atoms with Gasteiger partial charge < -0.3 is 0 Å². The summed E-state index contributed by atoms with van der Waals surface area (Å²) in [6.07, 6.45) is 4.89. The number of rotatable bonds is 5. The highest BCUT2D eigenvalue weighted by Crippen LogP contribution is 2.14. The van der Waals surface area contributed by atoms with Gasteiger partial charge in [-0.25, -0.2) is 9.97 Å². The van der Waals surface area contributed by atoms with Crippen LogP contribution in [0.15, 0.2) is 60.8 Å². The van der Waals surface area contributed by atoms with Crippen molar-refractivity contribution in [1.82, 2.24) is 15.0 Å². The quantitative estimate of drug-likeness (QED) is 0.712. The van der Waals surface area contributed by atoms with E-state index >= 15 is 0 Å². The molecule has 110 valence electrons. The Kier molecular flexibility index (Phi) is 4.54. The summed E-state index contributed by atoms with van der Waals surface area (Å²) in [5.41, 5.74) is 4.28. The lowest BCUT2D eigenvalue weighted by molar-refractivity contribution is 0.793. The molecule has 3 heteroatoms. The normalized spacial score (nSPS) is 10.6. The van der Waals surface area contributed by atoms with Crippen LogP contribution in [-0.4, -0.2) is 15.0 Å². The van der Waals surface area contributed by atoms with Gasteiger partial charge in [-0.05, 0) is 49.9 Å². The largest absolute Gasteiger partial charge is 0.253 e. The molecule has 2 heterocycles. The molecule has 0 radical (unpaired) electrons. The summed E-state index contributed by atoms with van der Waals surface area (Å²) >= 11 is 0.